The second kappa shape index (κ2) is 4.86. The zero-order valence-electron chi connectivity index (χ0n) is 10.4. The van der Waals surface area contributed by atoms with Gasteiger partial charge in [0.05, 0.1) is 0 Å². The number of rotatable bonds is 2. The molecule has 0 spiro atoms. The minimum atomic E-state index is -0.256. The van der Waals surface area contributed by atoms with E-state index in [1.165, 1.54) is 28.0 Å². The van der Waals surface area contributed by atoms with Crippen molar-refractivity contribution in [2.45, 2.75) is 0 Å². The summed E-state index contributed by atoms with van der Waals surface area (Å²) in [5.41, 5.74) is 0.584. The van der Waals surface area contributed by atoms with Crippen LogP contribution >= 0.6 is 0 Å². The Morgan fingerprint density at radius 3 is 1.53 bits per heavy atom. The van der Waals surface area contributed by atoms with Crippen LogP contribution in [0.4, 0.5) is 0 Å². The van der Waals surface area contributed by atoms with Gasteiger partial charge in [-0.1, -0.05) is 0 Å². The number of nitrogens with zero attached hydrogens (tertiary/aromatic N) is 2. The van der Waals surface area contributed by atoms with E-state index < -0.39 is 0 Å². The van der Waals surface area contributed by atoms with E-state index in [1.807, 2.05) is 0 Å². The zero-order valence-corrected chi connectivity index (χ0v) is 10.4. The van der Waals surface area contributed by atoms with E-state index in [9.17, 15) is 14.7 Å². The number of phenols is 1. The third kappa shape index (κ3) is 2.96. The predicted octanol–water partition coefficient (Wildman–Crippen LogP) is 0.796. The van der Waals surface area contributed by atoms with E-state index in [0.29, 0.717) is 11.1 Å². The highest BCUT2D eigenvalue weighted by Gasteiger charge is 2.15. The van der Waals surface area contributed by atoms with E-state index in [1.54, 1.807) is 28.2 Å². The molecule has 0 saturated carbocycles. The highest BCUT2D eigenvalue weighted by atomic mass is 16.3. The molecule has 17 heavy (non-hydrogen) atoms. The molecule has 0 saturated heterocycles. The van der Waals surface area contributed by atoms with E-state index in [-0.39, 0.29) is 17.6 Å². The number of phenolic OH excluding ortho intramolecular Hbond substituents is 1. The van der Waals surface area contributed by atoms with Gasteiger partial charge in [0, 0.05) is 39.3 Å². The van der Waals surface area contributed by atoms with Gasteiger partial charge in [-0.2, -0.15) is 0 Å². The molecule has 1 aromatic rings. The number of carbonyl (C=O) groups is 2. The molecule has 0 bridgehead atoms. The highest BCUT2D eigenvalue weighted by molar-refractivity contribution is 6.00. The summed E-state index contributed by atoms with van der Waals surface area (Å²) in [5.74, 6) is -0.606. The molecule has 1 N–H and O–H groups in total. The molecule has 5 heteroatoms. The van der Waals surface area contributed by atoms with Crippen LogP contribution in [0.2, 0.25) is 0 Å². The lowest BCUT2D eigenvalue weighted by atomic mass is 10.1. The first kappa shape index (κ1) is 13.0. The predicted molar refractivity (Wildman–Crippen MR) is 64.1 cm³/mol. The Bertz CT molecular complexity index is 415. The molecule has 0 unspecified atom stereocenters. The van der Waals surface area contributed by atoms with Gasteiger partial charge in [0.15, 0.2) is 0 Å². The Kier molecular flexibility index (Phi) is 3.73. The molecule has 2 amide bonds. The van der Waals surface area contributed by atoms with E-state index in [2.05, 4.69) is 0 Å². The van der Waals surface area contributed by atoms with Gasteiger partial charge in [-0.05, 0) is 18.2 Å². The van der Waals surface area contributed by atoms with Crippen molar-refractivity contribution in [2.75, 3.05) is 28.2 Å². The molecule has 0 fully saturated rings. The van der Waals surface area contributed by atoms with Crippen molar-refractivity contribution in [1.82, 2.24) is 9.80 Å². The van der Waals surface area contributed by atoms with Crippen LogP contribution in [0.1, 0.15) is 20.7 Å². The van der Waals surface area contributed by atoms with Gasteiger partial charge < -0.3 is 14.9 Å². The van der Waals surface area contributed by atoms with Gasteiger partial charge in [0.25, 0.3) is 11.8 Å². The fraction of sp³-hybridized carbons (Fsp3) is 0.333. The summed E-state index contributed by atoms with van der Waals surface area (Å²) in [6.07, 6.45) is 0. The summed E-state index contributed by atoms with van der Waals surface area (Å²) in [6.45, 7) is 0. The fourth-order valence-corrected chi connectivity index (χ4v) is 1.37. The van der Waals surface area contributed by atoms with Crippen molar-refractivity contribution in [3.63, 3.8) is 0 Å². The van der Waals surface area contributed by atoms with Crippen molar-refractivity contribution in [3.8, 4) is 5.75 Å². The lowest BCUT2D eigenvalue weighted by molar-refractivity contribution is 0.0825. The lowest BCUT2D eigenvalue weighted by Crippen LogP contribution is -2.24. The summed E-state index contributed by atoms with van der Waals surface area (Å²) < 4.78 is 0. The Balaban J connectivity index is 3.20. The van der Waals surface area contributed by atoms with Crippen molar-refractivity contribution in [3.05, 3.63) is 29.3 Å². The van der Waals surface area contributed by atoms with Crippen molar-refractivity contribution in [1.29, 1.82) is 0 Å². The van der Waals surface area contributed by atoms with Crippen LogP contribution in [-0.4, -0.2) is 54.9 Å². The third-order valence-corrected chi connectivity index (χ3v) is 2.22. The number of aromatic hydroxyl groups is 1. The zero-order chi connectivity index (χ0) is 13.2. The van der Waals surface area contributed by atoms with Gasteiger partial charge in [0.2, 0.25) is 0 Å². The average Bonchev–Trinajstić information content (AvgIpc) is 2.25. The lowest BCUT2D eigenvalue weighted by Gasteiger charge is -2.14. The molecule has 1 rings (SSSR count). The normalized spacial score (nSPS) is 9.88. The minimum Gasteiger partial charge on any atom is -0.508 e. The van der Waals surface area contributed by atoms with Crippen molar-refractivity contribution < 1.29 is 14.7 Å². The third-order valence-electron chi connectivity index (χ3n) is 2.22. The first-order valence-corrected chi connectivity index (χ1v) is 5.10. The maximum atomic E-state index is 11.7. The molecular weight excluding hydrogens is 220 g/mol. The molecule has 1 aromatic carbocycles. The molecule has 0 aliphatic heterocycles. The van der Waals surface area contributed by atoms with E-state index in [4.69, 9.17) is 0 Å². The van der Waals surface area contributed by atoms with Gasteiger partial charge >= 0.3 is 0 Å². The van der Waals surface area contributed by atoms with Crippen LogP contribution in [0.25, 0.3) is 0 Å². The Hall–Kier alpha value is -2.04. The summed E-state index contributed by atoms with van der Waals surface area (Å²) >= 11 is 0. The smallest absolute Gasteiger partial charge is 0.253 e. The van der Waals surface area contributed by atoms with E-state index in [0.717, 1.165) is 0 Å². The van der Waals surface area contributed by atoms with Crippen LogP contribution in [-0.2, 0) is 0 Å². The van der Waals surface area contributed by atoms with Gasteiger partial charge in [-0.25, -0.2) is 0 Å². The van der Waals surface area contributed by atoms with Crippen molar-refractivity contribution >= 4 is 11.8 Å². The van der Waals surface area contributed by atoms with Crippen LogP contribution in [0.5, 0.6) is 5.75 Å². The molecule has 0 aliphatic carbocycles. The maximum absolute atomic E-state index is 11.7. The van der Waals surface area contributed by atoms with Gasteiger partial charge in [0.1, 0.15) is 5.75 Å². The summed E-state index contributed by atoms with van der Waals surface area (Å²) in [7, 11) is 6.44. The Labute approximate surface area is 100 Å². The molecule has 0 heterocycles. The Morgan fingerprint density at radius 2 is 1.24 bits per heavy atom. The van der Waals surface area contributed by atoms with Gasteiger partial charge in [-0.3, -0.25) is 9.59 Å². The first-order valence-electron chi connectivity index (χ1n) is 5.10. The number of carbonyl (C=O) groups excluding carboxylic acids is 2. The van der Waals surface area contributed by atoms with Crippen LogP contribution in [0, 0.1) is 0 Å². The topological polar surface area (TPSA) is 60.9 Å². The number of benzene rings is 1. The SMILES string of the molecule is CN(C)C(=O)c1cc(O)cc(C(=O)N(C)C)c1. The standard InChI is InChI=1S/C12H16N2O3/c1-13(2)11(16)8-5-9(7-10(15)6-8)12(17)14(3)4/h5-7,15H,1-4H3. The first-order chi connectivity index (χ1) is 7.82. The number of amides is 2. The van der Waals surface area contributed by atoms with Crippen LogP contribution in [0.3, 0.4) is 0 Å². The second-order valence-corrected chi connectivity index (χ2v) is 4.17. The molecular formula is C12H16N2O3. The van der Waals surface area contributed by atoms with Crippen molar-refractivity contribution in [2.24, 2.45) is 0 Å². The summed E-state index contributed by atoms with van der Waals surface area (Å²) in [6, 6.07) is 4.16. The number of hydrogen-bond acceptors (Lipinski definition) is 3. The second-order valence-electron chi connectivity index (χ2n) is 4.17. The fourth-order valence-electron chi connectivity index (χ4n) is 1.37. The largest absolute Gasteiger partial charge is 0.508 e. The molecule has 0 aromatic heterocycles. The summed E-state index contributed by atoms with van der Waals surface area (Å²) in [5, 5.41) is 9.51. The molecule has 0 radical (unpaired) electrons. The van der Waals surface area contributed by atoms with Crippen LogP contribution < -0.4 is 0 Å². The summed E-state index contributed by atoms with van der Waals surface area (Å²) in [4.78, 5) is 26.2. The molecule has 92 valence electrons. The number of hydrogen-bond donors (Lipinski definition) is 1. The Morgan fingerprint density at radius 1 is 0.882 bits per heavy atom. The minimum absolute atomic E-state index is 0.0945. The monoisotopic (exact) mass is 236 g/mol. The molecule has 0 aliphatic rings. The van der Waals surface area contributed by atoms with Crippen LogP contribution in [0.15, 0.2) is 18.2 Å². The quantitative estimate of drug-likeness (QED) is 0.826. The average molecular weight is 236 g/mol. The van der Waals surface area contributed by atoms with Gasteiger partial charge in [-0.15, -0.1) is 0 Å². The maximum Gasteiger partial charge on any atom is 0.253 e. The van der Waals surface area contributed by atoms with E-state index >= 15 is 0 Å². The molecule has 5 nitrogen and oxygen atoms in total. The highest BCUT2D eigenvalue weighted by Crippen LogP contribution is 2.17. The molecule has 0 atom stereocenters.